The third kappa shape index (κ3) is 5.73. The molecule has 3 rings (SSSR count). The third-order valence-electron chi connectivity index (χ3n) is 5.22. The first-order valence-electron chi connectivity index (χ1n) is 11.1. The van der Waals surface area contributed by atoms with Gasteiger partial charge in [-0.3, -0.25) is 9.59 Å². The smallest absolute Gasteiger partial charge is 0.295 e. The molecular weight excluding hydrogens is 422 g/mol. The van der Waals surface area contributed by atoms with Gasteiger partial charge in [0.25, 0.3) is 11.7 Å². The van der Waals surface area contributed by atoms with E-state index in [0.29, 0.717) is 29.4 Å². The summed E-state index contributed by atoms with van der Waals surface area (Å²) in [5, 5.41) is 21.1. The number of phenolic OH excluding ortho intramolecular Hbond substituents is 1. The summed E-state index contributed by atoms with van der Waals surface area (Å²) in [5.41, 5.74) is 0.900. The van der Waals surface area contributed by atoms with Crippen molar-refractivity contribution in [1.29, 1.82) is 0 Å². The molecule has 1 aliphatic heterocycles. The van der Waals surface area contributed by atoms with Gasteiger partial charge in [0.15, 0.2) is 0 Å². The molecule has 2 aromatic carbocycles. The Labute approximate surface area is 194 Å². The van der Waals surface area contributed by atoms with E-state index in [1.54, 1.807) is 36.4 Å². The summed E-state index contributed by atoms with van der Waals surface area (Å²) in [6.07, 6.45) is -0.0301. The maximum absolute atomic E-state index is 13.0. The average Bonchev–Trinajstić information content (AvgIpc) is 3.02. The fourth-order valence-electron chi connectivity index (χ4n) is 3.67. The van der Waals surface area contributed by atoms with E-state index in [0.717, 1.165) is 0 Å². The maximum atomic E-state index is 13.0. The molecule has 7 nitrogen and oxygen atoms in total. The van der Waals surface area contributed by atoms with Crippen molar-refractivity contribution in [3.05, 3.63) is 65.2 Å². The zero-order chi connectivity index (χ0) is 24.1. The second kappa shape index (κ2) is 10.5. The zero-order valence-corrected chi connectivity index (χ0v) is 19.4. The number of aliphatic hydroxyl groups excluding tert-OH is 1. The van der Waals surface area contributed by atoms with Crippen molar-refractivity contribution < 1.29 is 29.3 Å². The van der Waals surface area contributed by atoms with Gasteiger partial charge in [-0.15, -0.1) is 0 Å². The van der Waals surface area contributed by atoms with Crippen molar-refractivity contribution in [3.63, 3.8) is 0 Å². The Morgan fingerprint density at radius 2 is 1.76 bits per heavy atom. The van der Waals surface area contributed by atoms with E-state index in [-0.39, 0.29) is 36.3 Å². The summed E-state index contributed by atoms with van der Waals surface area (Å²) < 4.78 is 11.3. The first-order valence-corrected chi connectivity index (χ1v) is 11.1. The Balaban J connectivity index is 2.00. The van der Waals surface area contributed by atoms with Gasteiger partial charge >= 0.3 is 0 Å². The SMILES string of the molecule is CC(C)COc1ccc(/C(O)=C2/C(=O)C(=O)N(CCOC(C)C)C2c2cccc(O)c2)cc1. The van der Waals surface area contributed by atoms with Crippen LogP contribution >= 0.6 is 0 Å². The van der Waals surface area contributed by atoms with Crippen LogP contribution in [0.25, 0.3) is 5.76 Å². The predicted molar refractivity (Wildman–Crippen MR) is 125 cm³/mol. The number of carbonyl (C=O) groups is 2. The van der Waals surface area contributed by atoms with Gasteiger partial charge in [0, 0.05) is 12.1 Å². The number of hydrogen-bond acceptors (Lipinski definition) is 6. The third-order valence-corrected chi connectivity index (χ3v) is 5.22. The lowest BCUT2D eigenvalue weighted by atomic mass is 9.95. The van der Waals surface area contributed by atoms with Crippen LogP contribution in [-0.4, -0.2) is 52.7 Å². The van der Waals surface area contributed by atoms with Crippen molar-refractivity contribution in [3.8, 4) is 11.5 Å². The standard InChI is InChI=1S/C26H31NO6/c1-16(2)15-33-21-10-8-18(9-11-21)24(29)22-23(19-6-5-7-20(28)14-19)27(26(31)25(22)30)12-13-32-17(3)4/h5-11,14,16-17,23,28-29H,12-13,15H2,1-4H3/b24-22-. The lowest BCUT2D eigenvalue weighted by Gasteiger charge is -2.25. The molecule has 1 amide bonds. The highest BCUT2D eigenvalue weighted by Gasteiger charge is 2.46. The number of nitrogens with zero attached hydrogens (tertiary/aromatic N) is 1. The number of likely N-dealkylation sites (tertiary alicyclic amines) is 1. The molecule has 1 fully saturated rings. The van der Waals surface area contributed by atoms with Crippen LogP contribution in [-0.2, 0) is 14.3 Å². The second-order valence-corrected chi connectivity index (χ2v) is 8.74. The van der Waals surface area contributed by atoms with E-state index in [4.69, 9.17) is 9.47 Å². The number of ketones is 1. The normalized spacial score (nSPS) is 17.9. The molecular formula is C26H31NO6. The topological polar surface area (TPSA) is 96.3 Å². The van der Waals surface area contributed by atoms with Gasteiger partial charge in [-0.1, -0.05) is 26.0 Å². The first kappa shape index (κ1) is 24.3. The van der Waals surface area contributed by atoms with Crippen molar-refractivity contribution >= 4 is 17.4 Å². The number of phenols is 1. The number of carbonyl (C=O) groups excluding carboxylic acids is 2. The molecule has 2 N–H and O–H groups in total. The van der Waals surface area contributed by atoms with Crippen molar-refractivity contribution in [1.82, 2.24) is 4.90 Å². The molecule has 0 aliphatic carbocycles. The largest absolute Gasteiger partial charge is 0.508 e. The fraction of sp³-hybridized carbons (Fsp3) is 0.385. The molecule has 1 saturated heterocycles. The molecule has 1 heterocycles. The van der Waals surface area contributed by atoms with Crippen LogP contribution in [0.3, 0.4) is 0 Å². The molecule has 2 aromatic rings. The van der Waals surface area contributed by atoms with Crippen LogP contribution in [0.15, 0.2) is 54.1 Å². The summed E-state index contributed by atoms with van der Waals surface area (Å²) >= 11 is 0. The molecule has 0 spiro atoms. The van der Waals surface area contributed by atoms with Crippen LogP contribution in [0.2, 0.25) is 0 Å². The highest BCUT2D eigenvalue weighted by molar-refractivity contribution is 6.46. The molecule has 0 radical (unpaired) electrons. The molecule has 1 atom stereocenters. The van der Waals surface area contributed by atoms with Crippen molar-refractivity contribution in [2.75, 3.05) is 19.8 Å². The molecule has 7 heteroatoms. The first-order chi connectivity index (χ1) is 15.7. The van der Waals surface area contributed by atoms with Gasteiger partial charge in [-0.2, -0.15) is 0 Å². The minimum absolute atomic E-state index is 0.00294. The molecule has 33 heavy (non-hydrogen) atoms. The van der Waals surface area contributed by atoms with E-state index >= 15 is 0 Å². The maximum Gasteiger partial charge on any atom is 0.295 e. The zero-order valence-electron chi connectivity index (χ0n) is 19.4. The van der Waals surface area contributed by atoms with Crippen LogP contribution in [0.4, 0.5) is 0 Å². The number of ether oxygens (including phenoxy) is 2. The minimum atomic E-state index is -0.843. The quantitative estimate of drug-likeness (QED) is 0.334. The van der Waals surface area contributed by atoms with Gasteiger partial charge in [-0.25, -0.2) is 0 Å². The van der Waals surface area contributed by atoms with Gasteiger partial charge in [-0.05, 0) is 61.7 Å². The molecule has 0 saturated carbocycles. The number of Topliss-reactive ketones (excluding diaryl/α,β-unsaturated/α-hetero) is 1. The number of aliphatic hydroxyl groups is 1. The minimum Gasteiger partial charge on any atom is -0.508 e. The van der Waals surface area contributed by atoms with Gasteiger partial charge in [0.2, 0.25) is 0 Å². The number of rotatable bonds is 9. The molecule has 1 aliphatic rings. The molecule has 0 bridgehead atoms. The molecule has 1 unspecified atom stereocenters. The molecule has 0 aromatic heterocycles. The van der Waals surface area contributed by atoms with Crippen molar-refractivity contribution in [2.45, 2.75) is 39.8 Å². The number of aromatic hydroxyl groups is 1. The summed E-state index contributed by atoms with van der Waals surface area (Å²) in [4.78, 5) is 27.3. The van der Waals surface area contributed by atoms with Crippen LogP contribution in [0.1, 0.15) is 44.9 Å². The monoisotopic (exact) mass is 453 g/mol. The summed E-state index contributed by atoms with van der Waals surface area (Å²) in [6.45, 7) is 8.83. The molecule has 176 valence electrons. The highest BCUT2D eigenvalue weighted by Crippen LogP contribution is 2.40. The van der Waals surface area contributed by atoms with Gasteiger partial charge in [0.1, 0.15) is 17.3 Å². The Morgan fingerprint density at radius 3 is 2.36 bits per heavy atom. The fourth-order valence-corrected chi connectivity index (χ4v) is 3.67. The predicted octanol–water partition coefficient (Wildman–Crippen LogP) is 4.27. The van der Waals surface area contributed by atoms with Crippen molar-refractivity contribution in [2.24, 2.45) is 5.92 Å². The lowest BCUT2D eigenvalue weighted by molar-refractivity contribution is -0.140. The Morgan fingerprint density at radius 1 is 1.06 bits per heavy atom. The summed E-state index contributed by atoms with van der Waals surface area (Å²) in [5.74, 6) is -0.737. The van der Waals surface area contributed by atoms with Crippen LogP contribution in [0.5, 0.6) is 11.5 Å². The highest BCUT2D eigenvalue weighted by atomic mass is 16.5. The number of benzene rings is 2. The van der Waals surface area contributed by atoms with Crippen LogP contribution in [0, 0.1) is 5.92 Å². The second-order valence-electron chi connectivity index (χ2n) is 8.74. The Bertz CT molecular complexity index is 1030. The summed E-state index contributed by atoms with van der Waals surface area (Å²) in [6, 6.07) is 12.2. The lowest BCUT2D eigenvalue weighted by Crippen LogP contribution is -2.33. The van der Waals surface area contributed by atoms with Crippen LogP contribution < -0.4 is 4.74 Å². The Hall–Kier alpha value is -3.32. The average molecular weight is 454 g/mol. The number of hydrogen-bond donors (Lipinski definition) is 2. The van der Waals surface area contributed by atoms with E-state index in [1.807, 2.05) is 27.7 Å². The van der Waals surface area contributed by atoms with E-state index in [1.165, 1.54) is 17.0 Å². The Kier molecular flexibility index (Phi) is 7.76. The summed E-state index contributed by atoms with van der Waals surface area (Å²) in [7, 11) is 0. The van der Waals surface area contributed by atoms with Gasteiger partial charge in [0.05, 0.1) is 30.9 Å². The van der Waals surface area contributed by atoms with Gasteiger partial charge < -0.3 is 24.6 Å². The van der Waals surface area contributed by atoms with E-state index in [2.05, 4.69) is 0 Å². The number of amides is 1. The van der Waals surface area contributed by atoms with E-state index in [9.17, 15) is 19.8 Å². The van der Waals surface area contributed by atoms with E-state index < -0.39 is 17.7 Å².